The molecule has 0 spiro atoms. The van der Waals surface area contributed by atoms with Gasteiger partial charge in [0.05, 0.1) is 5.69 Å². The number of phenolic OH excluding ortho intramolecular Hbond substituents is 1. The highest BCUT2D eigenvalue weighted by Crippen LogP contribution is 2.29. The van der Waals surface area contributed by atoms with Crippen LogP contribution in [-0.4, -0.2) is 19.9 Å². The lowest BCUT2D eigenvalue weighted by molar-refractivity contribution is 0.468. The lowest BCUT2D eigenvalue weighted by Gasteiger charge is -2.11. The van der Waals surface area contributed by atoms with Crippen molar-refractivity contribution in [3.8, 4) is 22.8 Å². The lowest BCUT2D eigenvalue weighted by Crippen LogP contribution is -2.16. The first kappa shape index (κ1) is 15.1. The van der Waals surface area contributed by atoms with Crippen molar-refractivity contribution in [2.24, 2.45) is 0 Å². The molecule has 0 bridgehead atoms. The molecule has 5 nitrogen and oxygen atoms in total. The average molecular weight is 309 g/mol. The third kappa shape index (κ3) is 2.65. The van der Waals surface area contributed by atoms with E-state index in [0.29, 0.717) is 12.2 Å². The first-order chi connectivity index (χ1) is 11.0. The van der Waals surface area contributed by atoms with Crippen molar-refractivity contribution in [1.82, 2.24) is 14.8 Å². The molecule has 0 amide bonds. The van der Waals surface area contributed by atoms with E-state index >= 15 is 0 Å². The molecule has 3 aromatic rings. The Morgan fingerprint density at radius 1 is 1.22 bits per heavy atom. The van der Waals surface area contributed by atoms with Gasteiger partial charge < -0.3 is 5.11 Å². The van der Waals surface area contributed by atoms with Crippen LogP contribution in [0.3, 0.4) is 0 Å². The van der Waals surface area contributed by atoms with Crippen LogP contribution in [0.25, 0.3) is 17.1 Å². The summed E-state index contributed by atoms with van der Waals surface area (Å²) < 4.78 is 1.56. The summed E-state index contributed by atoms with van der Waals surface area (Å²) in [6.07, 6.45) is 0.707. The van der Waals surface area contributed by atoms with Gasteiger partial charge in [-0.2, -0.15) is 5.10 Å². The van der Waals surface area contributed by atoms with Gasteiger partial charge in [-0.3, -0.25) is 0 Å². The quantitative estimate of drug-likeness (QED) is 0.781. The fourth-order valence-electron chi connectivity index (χ4n) is 2.75. The van der Waals surface area contributed by atoms with Gasteiger partial charge in [0.2, 0.25) is 0 Å². The summed E-state index contributed by atoms with van der Waals surface area (Å²) in [5.41, 5.74) is 4.09. The third-order valence-electron chi connectivity index (χ3n) is 3.98. The van der Waals surface area contributed by atoms with E-state index in [4.69, 9.17) is 0 Å². The van der Waals surface area contributed by atoms with Gasteiger partial charge in [-0.15, -0.1) is 0 Å². The van der Waals surface area contributed by atoms with Crippen molar-refractivity contribution in [3.05, 3.63) is 63.6 Å². The number of aromatic nitrogens is 3. The maximum atomic E-state index is 12.3. The van der Waals surface area contributed by atoms with Crippen LogP contribution in [0.5, 0.6) is 5.75 Å². The Kier molecular flexibility index (Phi) is 3.78. The molecular formula is C18H19N3O2. The molecule has 23 heavy (non-hydrogen) atoms. The second kappa shape index (κ2) is 5.76. The van der Waals surface area contributed by atoms with Crippen LogP contribution < -0.4 is 5.69 Å². The van der Waals surface area contributed by atoms with E-state index in [1.165, 1.54) is 0 Å². The largest absolute Gasteiger partial charge is 0.508 e. The first-order valence-electron chi connectivity index (χ1n) is 7.58. The molecule has 0 aliphatic rings. The molecule has 118 valence electrons. The summed E-state index contributed by atoms with van der Waals surface area (Å²) in [5, 5.41) is 16.7. The first-order valence-corrected chi connectivity index (χ1v) is 7.58. The minimum Gasteiger partial charge on any atom is -0.508 e. The zero-order valence-electron chi connectivity index (χ0n) is 13.4. The number of H-pyrrole nitrogens is 1. The van der Waals surface area contributed by atoms with Crippen molar-refractivity contribution in [1.29, 1.82) is 0 Å². The van der Waals surface area contributed by atoms with Crippen LogP contribution in [0.15, 0.2) is 41.2 Å². The number of hydrogen-bond acceptors (Lipinski definition) is 3. The molecule has 0 unspecified atom stereocenters. The van der Waals surface area contributed by atoms with Crippen molar-refractivity contribution < 1.29 is 5.11 Å². The molecule has 0 fully saturated rings. The van der Waals surface area contributed by atoms with E-state index in [1.54, 1.807) is 10.6 Å². The summed E-state index contributed by atoms with van der Waals surface area (Å²) in [7, 11) is 0. The lowest BCUT2D eigenvalue weighted by atomic mass is 10.0. The van der Waals surface area contributed by atoms with Gasteiger partial charge in [-0.1, -0.05) is 19.1 Å². The molecule has 1 heterocycles. The molecule has 0 saturated carbocycles. The SMILES string of the molecule is CCc1cc(-c2n[nH]c(=O)n2-c2cccc(C)c2)c(C)cc1O. The van der Waals surface area contributed by atoms with Gasteiger partial charge in [-0.25, -0.2) is 14.5 Å². The van der Waals surface area contributed by atoms with Crippen molar-refractivity contribution >= 4 is 0 Å². The van der Waals surface area contributed by atoms with Crippen LogP contribution in [0.4, 0.5) is 0 Å². The fraction of sp³-hybridized carbons (Fsp3) is 0.222. The highest BCUT2D eigenvalue weighted by molar-refractivity contribution is 5.65. The maximum Gasteiger partial charge on any atom is 0.348 e. The number of nitrogens with one attached hydrogen (secondary N) is 1. The van der Waals surface area contributed by atoms with Crippen LogP contribution in [0.1, 0.15) is 23.6 Å². The van der Waals surface area contributed by atoms with Crippen molar-refractivity contribution in [2.75, 3.05) is 0 Å². The molecule has 2 aromatic carbocycles. The van der Waals surface area contributed by atoms with Crippen molar-refractivity contribution in [3.63, 3.8) is 0 Å². The summed E-state index contributed by atoms with van der Waals surface area (Å²) in [4.78, 5) is 12.3. The molecule has 3 rings (SSSR count). The number of benzene rings is 2. The van der Waals surface area contributed by atoms with Crippen LogP contribution in [0, 0.1) is 13.8 Å². The number of rotatable bonds is 3. The zero-order chi connectivity index (χ0) is 16.6. The second-order valence-corrected chi connectivity index (χ2v) is 5.68. The van der Waals surface area contributed by atoms with Gasteiger partial charge in [-0.05, 0) is 61.2 Å². The molecule has 2 N–H and O–H groups in total. The summed E-state index contributed by atoms with van der Waals surface area (Å²) in [5.74, 6) is 0.821. The molecule has 0 atom stereocenters. The molecule has 1 aromatic heterocycles. The monoisotopic (exact) mass is 309 g/mol. The van der Waals surface area contributed by atoms with E-state index in [1.807, 2.05) is 51.1 Å². The topological polar surface area (TPSA) is 70.9 Å². The van der Waals surface area contributed by atoms with E-state index in [2.05, 4.69) is 10.2 Å². The minimum absolute atomic E-state index is 0.272. The highest BCUT2D eigenvalue weighted by Gasteiger charge is 2.16. The highest BCUT2D eigenvalue weighted by atomic mass is 16.3. The Morgan fingerprint density at radius 3 is 2.70 bits per heavy atom. The predicted octanol–water partition coefficient (Wildman–Crippen LogP) is 3.11. The number of aromatic amines is 1. The number of hydrogen-bond donors (Lipinski definition) is 2. The number of aryl methyl sites for hydroxylation is 3. The number of nitrogens with zero attached hydrogens (tertiary/aromatic N) is 2. The Bertz CT molecular complexity index is 922. The predicted molar refractivity (Wildman–Crippen MR) is 90.1 cm³/mol. The number of phenols is 1. The van der Waals surface area contributed by atoms with Crippen LogP contribution >= 0.6 is 0 Å². The Morgan fingerprint density at radius 2 is 2.00 bits per heavy atom. The average Bonchev–Trinajstić information content (AvgIpc) is 2.89. The van der Waals surface area contributed by atoms with Crippen LogP contribution in [-0.2, 0) is 6.42 Å². The van der Waals surface area contributed by atoms with Gasteiger partial charge in [0.1, 0.15) is 5.75 Å². The van der Waals surface area contributed by atoms with Gasteiger partial charge >= 0.3 is 5.69 Å². The second-order valence-electron chi connectivity index (χ2n) is 5.68. The van der Waals surface area contributed by atoms with Gasteiger partial charge in [0.25, 0.3) is 0 Å². The molecule has 0 saturated heterocycles. The standard InChI is InChI=1S/C18H19N3O2/c1-4-13-10-15(12(3)9-16(13)22)17-19-20-18(23)21(17)14-7-5-6-11(2)8-14/h5-10,22H,4H2,1-3H3,(H,20,23). The van der Waals surface area contributed by atoms with E-state index in [-0.39, 0.29) is 11.4 Å². The molecule has 0 aliphatic heterocycles. The van der Waals surface area contributed by atoms with E-state index in [9.17, 15) is 9.90 Å². The van der Waals surface area contributed by atoms with Crippen molar-refractivity contribution in [2.45, 2.75) is 27.2 Å². The van der Waals surface area contributed by atoms with Crippen LogP contribution in [0.2, 0.25) is 0 Å². The Balaban J connectivity index is 2.26. The number of aromatic hydroxyl groups is 1. The molecule has 5 heteroatoms. The van der Waals surface area contributed by atoms with Gasteiger partial charge in [0.15, 0.2) is 5.82 Å². The summed E-state index contributed by atoms with van der Waals surface area (Å²) >= 11 is 0. The zero-order valence-corrected chi connectivity index (χ0v) is 13.4. The van der Waals surface area contributed by atoms with E-state index in [0.717, 1.165) is 27.9 Å². The molecule has 0 radical (unpaired) electrons. The Hall–Kier alpha value is -2.82. The normalized spacial score (nSPS) is 10.9. The van der Waals surface area contributed by atoms with Gasteiger partial charge in [0, 0.05) is 5.56 Å². The summed E-state index contributed by atoms with van der Waals surface area (Å²) in [6.45, 7) is 5.86. The summed E-state index contributed by atoms with van der Waals surface area (Å²) in [6, 6.07) is 11.3. The fourth-order valence-corrected chi connectivity index (χ4v) is 2.75. The molecular weight excluding hydrogens is 290 g/mol. The smallest absolute Gasteiger partial charge is 0.348 e. The molecule has 0 aliphatic carbocycles. The van der Waals surface area contributed by atoms with E-state index < -0.39 is 0 Å². The third-order valence-corrected chi connectivity index (χ3v) is 3.98. The minimum atomic E-state index is -0.281. The maximum absolute atomic E-state index is 12.3. The Labute approximate surface area is 134 Å².